The van der Waals surface area contributed by atoms with Crippen molar-refractivity contribution in [2.24, 2.45) is 0 Å². The molecule has 1 amide bonds. The van der Waals surface area contributed by atoms with Gasteiger partial charge in [-0.2, -0.15) is 5.26 Å². The molecule has 0 bridgehead atoms. The second kappa shape index (κ2) is 7.51. The Hall–Kier alpha value is -3.01. The van der Waals surface area contributed by atoms with Crippen LogP contribution in [0.1, 0.15) is 41.7 Å². The number of rotatable bonds is 4. The van der Waals surface area contributed by atoms with Gasteiger partial charge in [-0.1, -0.05) is 0 Å². The minimum atomic E-state index is -0.193. The van der Waals surface area contributed by atoms with Crippen molar-refractivity contribution in [1.82, 2.24) is 20.3 Å². The fourth-order valence-electron chi connectivity index (χ4n) is 2.69. The lowest BCUT2D eigenvalue weighted by Gasteiger charge is -2.29. The van der Waals surface area contributed by atoms with E-state index in [1.54, 1.807) is 12.1 Å². The van der Waals surface area contributed by atoms with Crippen LogP contribution in [0.2, 0.25) is 0 Å². The minimum absolute atomic E-state index is 0.0788. The van der Waals surface area contributed by atoms with E-state index >= 15 is 0 Å². The summed E-state index contributed by atoms with van der Waals surface area (Å²) in [6.07, 6.45) is 9.44. The lowest BCUT2D eigenvalue weighted by atomic mass is 9.93. The molecule has 24 heavy (non-hydrogen) atoms. The van der Waals surface area contributed by atoms with Crippen molar-refractivity contribution >= 4 is 5.91 Å². The first kappa shape index (κ1) is 15.9. The maximum Gasteiger partial charge on any atom is 0.271 e. The molecule has 0 aromatic carbocycles. The summed E-state index contributed by atoms with van der Waals surface area (Å²) >= 11 is 0. The van der Waals surface area contributed by atoms with Crippen molar-refractivity contribution in [3.05, 3.63) is 48.2 Å². The Morgan fingerprint density at radius 2 is 2.00 bits per heavy atom. The molecule has 122 valence electrons. The quantitative estimate of drug-likeness (QED) is 0.921. The van der Waals surface area contributed by atoms with Crippen LogP contribution in [0.4, 0.5) is 0 Å². The van der Waals surface area contributed by atoms with Crippen LogP contribution in [0.15, 0.2) is 36.9 Å². The number of carbonyl (C=O) groups excluding carboxylic acids is 1. The van der Waals surface area contributed by atoms with E-state index < -0.39 is 0 Å². The Balaban J connectivity index is 1.47. The van der Waals surface area contributed by atoms with E-state index in [4.69, 9.17) is 10.00 Å². The molecule has 1 saturated carbocycles. The predicted molar refractivity (Wildman–Crippen MR) is 85.1 cm³/mol. The van der Waals surface area contributed by atoms with Crippen molar-refractivity contribution in [1.29, 1.82) is 5.26 Å². The molecule has 1 aliphatic carbocycles. The second-order valence-electron chi connectivity index (χ2n) is 5.65. The van der Waals surface area contributed by atoms with Crippen molar-refractivity contribution in [3.63, 3.8) is 0 Å². The van der Waals surface area contributed by atoms with Gasteiger partial charge in [-0.25, -0.2) is 9.97 Å². The number of hydrogen-bond donors (Lipinski definition) is 1. The van der Waals surface area contributed by atoms with Gasteiger partial charge < -0.3 is 10.1 Å². The van der Waals surface area contributed by atoms with Crippen molar-refractivity contribution in [2.45, 2.75) is 37.8 Å². The molecule has 1 N–H and O–H groups in total. The smallest absolute Gasteiger partial charge is 0.271 e. The molecule has 7 heteroatoms. The van der Waals surface area contributed by atoms with Crippen LogP contribution in [-0.2, 0) is 0 Å². The van der Waals surface area contributed by atoms with E-state index in [0.29, 0.717) is 17.1 Å². The molecule has 2 aromatic heterocycles. The number of pyridine rings is 1. The van der Waals surface area contributed by atoms with Gasteiger partial charge in [0, 0.05) is 30.7 Å². The SMILES string of the molecule is N#Cc1ccc(OC2CCC(NC(=O)c3cnccn3)CC2)nc1. The zero-order valence-electron chi connectivity index (χ0n) is 13.1. The van der Waals surface area contributed by atoms with Crippen molar-refractivity contribution in [3.8, 4) is 11.9 Å². The molecule has 1 fully saturated rings. The molecule has 0 spiro atoms. The Kier molecular flexibility index (Phi) is 4.96. The van der Waals surface area contributed by atoms with Crippen LogP contribution >= 0.6 is 0 Å². The molecule has 3 rings (SSSR count). The van der Waals surface area contributed by atoms with Gasteiger partial charge >= 0.3 is 0 Å². The van der Waals surface area contributed by atoms with E-state index in [-0.39, 0.29) is 18.1 Å². The zero-order valence-corrected chi connectivity index (χ0v) is 13.1. The summed E-state index contributed by atoms with van der Waals surface area (Å²) in [4.78, 5) is 24.1. The summed E-state index contributed by atoms with van der Waals surface area (Å²) in [6, 6.07) is 5.54. The van der Waals surface area contributed by atoms with E-state index in [9.17, 15) is 4.79 Å². The fraction of sp³-hybridized carbons (Fsp3) is 0.353. The lowest BCUT2D eigenvalue weighted by Crippen LogP contribution is -2.40. The second-order valence-corrected chi connectivity index (χ2v) is 5.65. The van der Waals surface area contributed by atoms with Gasteiger partial charge in [-0.05, 0) is 31.7 Å². The molecule has 7 nitrogen and oxygen atoms in total. The van der Waals surface area contributed by atoms with Gasteiger partial charge in [0.25, 0.3) is 5.91 Å². The number of nitrogens with one attached hydrogen (secondary N) is 1. The number of carbonyl (C=O) groups is 1. The summed E-state index contributed by atoms with van der Waals surface area (Å²) in [5.41, 5.74) is 0.843. The number of amides is 1. The molecule has 2 aromatic rings. The van der Waals surface area contributed by atoms with Gasteiger partial charge in [0.05, 0.1) is 11.8 Å². The third kappa shape index (κ3) is 4.04. The minimum Gasteiger partial charge on any atom is -0.474 e. The van der Waals surface area contributed by atoms with Crippen LogP contribution in [0.5, 0.6) is 5.88 Å². The molecule has 0 saturated heterocycles. The van der Waals surface area contributed by atoms with E-state index in [1.807, 2.05) is 6.07 Å². The highest BCUT2D eigenvalue weighted by Gasteiger charge is 2.24. The number of hydrogen-bond acceptors (Lipinski definition) is 6. The molecule has 2 heterocycles. The van der Waals surface area contributed by atoms with Gasteiger partial charge in [0.15, 0.2) is 0 Å². The Morgan fingerprint density at radius 1 is 1.17 bits per heavy atom. The highest BCUT2D eigenvalue weighted by molar-refractivity contribution is 5.92. The number of nitriles is 1. The summed E-state index contributed by atoms with van der Waals surface area (Å²) < 4.78 is 5.84. The molecule has 0 radical (unpaired) electrons. The first-order valence-electron chi connectivity index (χ1n) is 7.84. The van der Waals surface area contributed by atoms with Gasteiger partial charge in [0.2, 0.25) is 5.88 Å². The molecule has 0 atom stereocenters. The maximum absolute atomic E-state index is 12.1. The predicted octanol–water partition coefficient (Wildman–Crippen LogP) is 1.86. The molecule has 1 aliphatic rings. The third-order valence-corrected chi connectivity index (χ3v) is 3.96. The Labute approximate surface area is 139 Å². The average molecular weight is 323 g/mol. The summed E-state index contributed by atoms with van der Waals surface area (Å²) in [6.45, 7) is 0. The van der Waals surface area contributed by atoms with Crippen LogP contribution in [0, 0.1) is 11.3 Å². The topological polar surface area (TPSA) is 101 Å². The third-order valence-electron chi connectivity index (χ3n) is 3.96. The van der Waals surface area contributed by atoms with Crippen LogP contribution < -0.4 is 10.1 Å². The summed E-state index contributed by atoms with van der Waals surface area (Å²) in [5.74, 6) is 0.335. The molecule has 0 aliphatic heterocycles. The first-order chi connectivity index (χ1) is 11.7. The monoisotopic (exact) mass is 323 g/mol. The number of ether oxygens (including phenoxy) is 1. The lowest BCUT2D eigenvalue weighted by molar-refractivity contribution is 0.0885. The normalized spacial score (nSPS) is 20.0. The highest BCUT2D eigenvalue weighted by atomic mass is 16.5. The summed E-state index contributed by atoms with van der Waals surface area (Å²) in [5, 5.41) is 11.7. The standard InChI is InChI=1S/C17H17N5O2/c18-9-12-1-6-16(21-10-12)24-14-4-2-13(3-5-14)22-17(23)15-11-19-7-8-20-15/h1,6-8,10-11,13-14H,2-5H2,(H,22,23). The van der Waals surface area contributed by atoms with Gasteiger partial charge in [-0.3, -0.25) is 9.78 Å². The maximum atomic E-state index is 12.1. The van der Waals surface area contributed by atoms with Crippen LogP contribution in [0.3, 0.4) is 0 Å². The number of nitrogens with zero attached hydrogens (tertiary/aromatic N) is 4. The van der Waals surface area contributed by atoms with Crippen LogP contribution in [0.25, 0.3) is 0 Å². The number of aromatic nitrogens is 3. The van der Waals surface area contributed by atoms with Crippen LogP contribution in [-0.4, -0.2) is 33.0 Å². The van der Waals surface area contributed by atoms with E-state index in [0.717, 1.165) is 25.7 Å². The van der Waals surface area contributed by atoms with E-state index in [2.05, 4.69) is 20.3 Å². The molecular formula is C17H17N5O2. The van der Waals surface area contributed by atoms with Gasteiger partial charge in [-0.15, -0.1) is 0 Å². The average Bonchev–Trinajstić information content (AvgIpc) is 2.65. The highest BCUT2D eigenvalue weighted by Crippen LogP contribution is 2.23. The van der Waals surface area contributed by atoms with E-state index in [1.165, 1.54) is 24.8 Å². The molecule has 0 unspecified atom stereocenters. The van der Waals surface area contributed by atoms with Crippen molar-refractivity contribution < 1.29 is 9.53 Å². The fourth-order valence-corrected chi connectivity index (χ4v) is 2.69. The largest absolute Gasteiger partial charge is 0.474 e. The van der Waals surface area contributed by atoms with Crippen molar-refractivity contribution in [2.75, 3.05) is 0 Å². The molecular weight excluding hydrogens is 306 g/mol. The first-order valence-corrected chi connectivity index (χ1v) is 7.84. The summed E-state index contributed by atoms with van der Waals surface area (Å²) in [7, 11) is 0. The zero-order chi connectivity index (χ0) is 16.8. The Morgan fingerprint density at radius 3 is 2.62 bits per heavy atom. The Bertz CT molecular complexity index is 719. The van der Waals surface area contributed by atoms with Gasteiger partial charge in [0.1, 0.15) is 17.9 Å².